The van der Waals surface area contributed by atoms with Gasteiger partial charge in [0, 0.05) is 31.0 Å². The number of carbonyl (C=O) groups excluding carboxylic acids is 1. The van der Waals surface area contributed by atoms with Crippen LogP contribution in [-0.2, 0) is 4.79 Å². The Bertz CT molecular complexity index is 738. The van der Waals surface area contributed by atoms with Crippen LogP contribution in [0.2, 0.25) is 0 Å². The number of carbonyl (C=O) groups is 1. The van der Waals surface area contributed by atoms with Gasteiger partial charge in [-0.1, -0.05) is 19.8 Å². The van der Waals surface area contributed by atoms with E-state index in [1.807, 2.05) is 0 Å². The van der Waals surface area contributed by atoms with Crippen molar-refractivity contribution in [3.05, 3.63) is 23.8 Å². The van der Waals surface area contributed by atoms with Crippen LogP contribution >= 0.6 is 0 Å². The third kappa shape index (κ3) is 4.50. The average Bonchev–Trinajstić information content (AvgIpc) is 2.51. The number of anilines is 2. The first kappa shape index (κ1) is 17.8. The molecule has 2 aromatic rings. The topological polar surface area (TPSA) is 92.9 Å². The van der Waals surface area contributed by atoms with Crippen LogP contribution in [0.4, 0.5) is 20.5 Å². The number of aromatic nitrogens is 2. The number of nitrogens with two attached hydrogens (primary N) is 1. The standard InChI is InChI=1S/C16H21F2N5O/c1-3-4-5-10(8-20-9(2)24)21-15-11-6-12(17)13(18)7-14(11)22-16(19)23-15/h6-7,10H,3-5,8H2,1-2H3,(H,20,24)(H3,19,21,22,23)/t10-/m1/s1. The Kier molecular flexibility index (Phi) is 5.83. The Balaban J connectivity index is 2.33. The first-order valence-corrected chi connectivity index (χ1v) is 7.84. The van der Waals surface area contributed by atoms with Crippen molar-refractivity contribution in [3.63, 3.8) is 0 Å². The molecule has 0 saturated heterocycles. The molecule has 0 aliphatic carbocycles. The van der Waals surface area contributed by atoms with Gasteiger partial charge in [-0.05, 0) is 12.5 Å². The summed E-state index contributed by atoms with van der Waals surface area (Å²) in [5, 5.41) is 6.25. The van der Waals surface area contributed by atoms with Gasteiger partial charge in [-0.2, -0.15) is 4.98 Å². The normalized spacial score (nSPS) is 12.2. The van der Waals surface area contributed by atoms with Crippen molar-refractivity contribution in [3.8, 4) is 0 Å². The molecule has 2 rings (SSSR count). The second-order valence-electron chi connectivity index (χ2n) is 5.63. The van der Waals surface area contributed by atoms with E-state index in [9.17, 15) is 13.6 Å². The highest BCUT2D eigenvalue weighted by molar-refractivity contribution is 5.90. The molecule has 0 fully saturated rings. The van der Waals surface area contributed by atoms with Crippen LogP contribution in [0, 0.1) is 11.6 Å². The van der Waals surface area contributed by atoms with E-state index >= 15 is 0 Å². The van der Waals surface area contributed by atoms with E-state index in [4.69, 9.17) is 5.73 Å². The molecule has 0 unspecified atom stereocenters. The second kappa shape index (κ2) is 7.85. The molecule has 0 spiro atoms. The maximum Gasteiger partial charge on any atom is 0.222 e. The summed E-state index contributed by atoms with van der Waals surface area (Å²) in [5.41, 5.74) is 5.88. The summed E-state index contributed by atoms with van der Waals surface area (Å²) in [6.45, 7) is 3.89. The number of halogens is 2. The SMILES string of the molecule is CCCC[C@H](CNC(C)=O)Nc1nc(N)nc2cc(F)c(F)cc12. The summed E-state index contributed by atoms with van der Waals surface area (Å²) >= 11 is 0. The fourth-order valence-corrected chi connectivity index (χ4v) is 2.39. The molecule has 24 heavy (non-hydrogen) atoms. The summed E-state index contributed by atoms with van der Waals surface area (Å²) in [5.74, 6) is -1.83. The predicted molar refractivity (Wildman–Crippen MR) is 89.5 cm³/mol. The largest absolute Gasteiger partial charge is 0.368 e. The van der Waals surface area contributed by atoms with Crippen LogP contribution in [0.3, 0.4) is 0 Å². The fourth-order valence-electron chi connectivity index (χ4n) is 2.39. The average molecular weight is 337 g/mol. The van der Waals surface area contributed by atoms with Gasteiger partial charge < -0.3 is 16.4 Å². The molecule has 0 radical (unpaired) electrons. The number of rotatable bonds is 7. The van der Waals surface area contributed by atoms with Crippen LogP contribution in [0.1, 0.15) is 33.1 Å². The number of fused-ring (bicyclic) bond motifs is 1. The molecular formula is C16H21F2N5O. The third-order valence-corrected chi connectivity index (χ3v) is 3.60. The van der Waals surface area contributed by atoms with Crippen LogP contribution in [0.25, 0.3) is 10.9 Å². The van der Waals surface area contributed by atoms with Crippen molar-refractivity contribution in [2.24, 2.45) is 0 Å². The lowest BCUT2D eigenvalue weighted by Crippen LogP contribution is -2.35. The molecule has 1 atom stereocenters. The molecule has 0 saturated carbocycles. The van der Waals surface area contributed by atoms with Crippen LogP contribution in [0.15, 0.2) is 12.1 Å². The lowest BCUT2D eigenvalue weighted by atomic mass is 10.1. The van der Waals surface area contributed by atoms with Crippen LogP contribution in [0.5, 0.6) is 0 Å². The second-order valence-corrected chi connectivity index (χ2v) is 5.63. The summed E-state index contributed by atoms with van der Waals surface area (Å²) in [4.78, 5) is 19.2. The minimum absolute atomic E-state index is 0.0372. The maximum absolute atomic E-state index is 13.6. The Morgan fingerprint density at radius 3 is 2.67 bits per heavy atom. The number of benzene rings is 1. The molecule has 130 valence electrons. The lowest BCUT2D eigenvalue weighted by Gasteiger charge is -2.20. The molecule has 6 nitrogen and oxygen atoms in total. The smallest absolute Gasteiger partial charge is 0.222 e. The van der Waals surface area contributed by atoms with Crippen molar-refractivity contribution in [2.75, 3.05) is 17.6 Å². The molecule has 1 heterocycles. The number of unbranched alkanes of at least 4 members (excludes halogenated alkanes) is 1. The zero-order chi connectivity index (χ0) is 17.7. The van der Waals surface area contributed by atoms with Crippen molar-refractivity contribution in [2.45, 2.75) is 39.2 Å². The molecule has 0 aliphatic rings. The van der Waals surface area contributed by atoms with Crippen molar-refractivity contribution < 1.29 is 13.6 Å². The Labute approximate surface area is 138 Å². The van der Waals surface area contributed by atoms with E-state index in [1.165, 1.54) is 6.92 Å². The first-order valence-electron chi connectivity index (χ1n) is 7.84. The molecule has 4 N–H and O–H groups in total. The highest BCUT2D eigenvalue weighted by Gasteiger charge is 2.15. The highest BCUT2D eigenvalue weighted by Crippen LogP contribution is 2.25. The van der Waals surface area contributed by atoms with Gasteiger partial charge in [0.1, 0.15) is 5.82 Å². The predicted octanol–water partition coefficient (Wildman–Crippen LogP) is 2.60. The van der Waals surface area contributed by atoms with Crippen LogP contribution < -0.4 is 16.4 Å². The molecule has 8 heteroatoms. The Morgan fingerprint density at radius 1 is 1.29 bits per heavy atom. The van der Waals surface area contributed by atoms with Gasteiger partial charge in [0.15, 0.2) is 11.6 Å². The third-order valence-electron chi connectivity index (χ3n) is 3.60. The number of hydrogen-bond acceptors (Lipinski definition) is 5. The Morgan fingerprint density at radius 2 is 2.00 bits per heavy atom. The molecule has 1 aromatic carbocycles. The van der Waals surface area contributed by atoms with Crippen molar-refractivity contribution in [1.29, 1.82) is 0 Å². The Hall–Kier alpha value is -2.51. The zero-order valence-electron chi connectivity index (χ0n) is 13.7. The summed E-state index contributed by atoms with van der Waals surface area (Å²) in [6.07, 6.45) is 2.72. The van der Waals surface area contributed by atoms with Gasteiger partial charge in [-0.3, -0.25) is 4.79 Å². The van der Waals surface area contributed by atoms with E-state index in [0.717, 1.165) is 31.4 Å². The van der Waals surface area contributed by atoms with Crippen molar-refractivity contribution >= 4 is 28.6 Å². The number of nitrogens with zero attached hydrogens (tertiary/aromatic N) is 2. The van der Waals surface area contributed by atoms with Crippen LogP contribution in [-0.4, -0.2) is 28.5 Å². The number of hydrogen-bond donors (Lipinski definition) is 3. The van der Waals surface area contributed by atoms with E-state index in [0.29, 0.717) is 17.7 Å². The number of nitrogen functional groups attached to an aromatic ring is 1. The monoisotopic (exact) mass is 337 g/mol. The number of nitrogens with one attached hydrogen (secondary N) is 2. The van der Waals surface area contributed by atoms with Gasteiger partial charge in [-0.25, -0.2) is 13.8 Å². The lowest BCUT2D eigenvalue weighted by molar-refractivity contribution is -0.119. The first-order chi connectivity index (χ1) is 11.4. The maximum atomic E-state index is 13.6. The van der Waals surface area contributed by atoms with Gasteiger partial charge >= 0.3 is 0 Å². The molecule has 1 aromatic heterocycles. The minimum Gasteiger partial charge on any atom is -0.368 e. The summed E-state index contributed by atoms with van der Waals surface area (Å²) in [7, 11) is 0. The fraction of sp³-hybridized carbons (Fsp3) is 0.438. The molecule has 0 bridgehead atoms. The minimum atomic E-state index is -0.993. The van der Waals surface area contributed by atoms with Gasteiger partial charge in [0.2, 0.25) is 11.9 Å². The van der Waals surface area contributed by atoms with E-state index in [-0.39, 0.29) is 23.4 Å². The molecule has 0 aliphatic heterocycles. The highest BCUT2D eigenvalue weighted by atomic mass is 19.2. The van der Waals surface area contributed by atoms with Gasteiger partial charge in [0.05, 0.1) is 5.52 Å². The quantitative estimate of drug-likeness (QED) is 0.722. The summed E-state index contributed by atoms with van der Waals surface area (Å²) in [6, 6.07) is 1.92. The molecule has 1 amide bonds. The number of amides is 1. The zero-order valence-corrected chi connectivity index (χ0v) is 13.7. The van der Waals surface area contributed by atoms with E-state index < -0.39 is 11.6 Å². The van der Waals surface area contributed by atoms with Crippen molar-refractivity contribution in [1.82, 2.24) is 15.3 Å². The van der Waals surface area contributed by atoms with Gasteiger partial charge in [-0.15, -0.1) is 0 Å². The van der Waals surface area contributed by atoms with E-state index in [2.05, 4.69) is 27.5 Å². The van der Waals surface area contributed by atoms with Gasteiger partial charge in [0.25, 0.3) is 0 Å². The van der Waals surface area contributed by atoms with E-state index in [1.54, 1.807) is 0 Å². The molecular weight excluding hydrogens is 316 g/mol. The summed E-state index contributed by atoms with van der Waals surface area (Å²) < 4.78 is 27.0.